The van der Waals surface area contributed by atoms with E-state index in [1.54, 1.807) is 30.8 Å². The minimum Gasteiger partial charge on any atom is -0.493 e. The maximum absolute atomic E-state index is 13.1. The van der Waals surface area contributed by atoms with Gasteiger partial charge in [0, 0.05) is 37.0 Å². The number of hydrogen-bond donors (Lipinski definition) is 0. The molecule has 194 valence electrons. The lowest BCUT2D eigenvalue weighted by Gasteiger charge is -2.12. The molecule has 0 saturated carbocycles. The monoisotopic (exact) mass is 517 g/mol. The molecule has 0 bridgehead atoms. The van der Waals surface area contributed by atoms with E-state index >= 15 is 0 Å². The average Bonchev–Trinajstić information content (AvgIpc) is 3.13. The van der Waals surface area contributed by atoms with Crippen molar-refractivity contribution in [1.29, 1.82) is 0 Å². The van der Waals surface area contributed by atoms with E-state index in [1.165, 1.54) is 54.4 Å². The number of para-hydroxylation sites is 1. The van der Waals surface area contributed by atoms with E-state index in [-0.39, 0.29) is 40.7 Å². The smallest absolute Gasteiger partial charge is 0.315 e. The molecule has 0 aliphatic rings. The molecule has 0 atom stereocenters. The maximum atomic E-state index is 13.1. The van der Waals surface area contributed by atoms with E-state index < -0.39 is 9.85 Å². The van der Waals surface area contributed by atoms with Crippen LogP contribution in [0.2, 0.25) is 0 Å². The fourth-order valence-corrected chi connectivity index (χ4v) is 3.83. The first kappa shape index (κ1) is 25.8. The number of rotatable bonds is 9. The minimum absolute atomic E-state index is 0.0785. The predicted molar refractivity (Wildman–Crippen MR) is 140 cm³/mol. The van der Waals surface area contributed by atoms with Crippen molar-refractivity contribution in [1.82, 2.24) is 9.36 Å². The van der Waals surface area contributed by atoms with Crippen molar-refractivity contribution in [2.24, 2.45) is 12.0 Å². The van der Waals surface area contributed by atoms with Crippen molar-refractivity contribution in [2.75, 3.05) is 7.11 Å². The van der Waals surface area contributed by atoms with Crippen LogP contribution in [0.25, 0.3) is 5.69 Å². The number of non-ortho nitro benzene ring substituents is 1. The number of nitro benzene ring substituents is 2. The number of ether oxygens (including phenoxy) is 2. The number of aliphatic imine (C=N–C) groups is 1. The van der Waals surface area contributed by atoms with Crippen LogP contribution in [0.5, 0.6) is 11.5 Å². The second-order valence-electron chi connectivity index (χ2n) is 8.21. The molecule has 1 aromatic heterocycles. The zero-order chi connectivity index (χ0) is 27.4. The molecule has 38 heavy (non-hydrogen) atoms. The SMILES string of the molecule is COc1cc(C=Nc2c(C)n(C)n(-c3ccccc3)c2=O)cc([N+](=O)[O-])c1OCc1ccc([N+](=O)[O-])cc1. The van der Waals surface area contributed by atoms with Gasteiger partial charge in [-0.3, -0.25) is 29.7 Å². The summed E-state index contributed by atoms with van der Waals surface area (Å²) in [4.78, 5) is 39.0. The van der Waals surface area contributed by atoms with Gasteiger partial charge in [0.2, 0.25) is 5.75 Å². The molecule has 0 aliphatic carbocycles. The van der Waals surface area contributed by atoms with E-state index in [0.29, 0.717) is 22.5 Å². The van der Waals surface area contributed by atoms with Crippen molar-refractivity contribution >= 4 is 23.3 Å². The van der Waals surface area contributed by atoms with Crippen molar-refractivity contribution in [3.63, 3.8) is 0 Å². The second-order valence-corrected chi connectivity index (χ2v) is 8.21. The Balaban J connectivity index is 1.66. The van der Waals surface area contributed by atoms with Crippen molar-refractivity contribution in [3.05, 3.63) is 114 Å². The zero-order valence-electron chi connectivity index (χ0n) is 20.7. The van der Waals surface area contributed by atoms with Crippen LogP contribution in [0.3, 0.4) is 0 Å². The molecule has 0 aliphatic heterocycles. The van der Waals surface area contributed by atoms with Crippen LogP contribution in [0.15, 0.2) is 76.5 Å². The molecule has 1 heterocycles. The molecular formula is C26H23N5O7. The number of nitro groups is 2. The highest BCUT2D eigenvalue weighted by atomic mass is 16.6. The maximum Gasteiger partial charge on any atom is 0.315 e. The minimum atomic E-state index is -0.610. The molecular weight excluding hydrogens is 494 g/mol. The molecule has 0 unspecified atom stereocenters. The highest BCUT2D eigenvalue weighted by Gasteiger charge is 2.23. The number of hydrogen-bond acceptors (Lipinski definition) is 8. The fourth-order valence-electron chi connectivity index (χ4n) is 3.83. The van der Waals surface area contributed by atoms with Crippen LogP contribution < -0.4 is 15.0 Å². The fraction of sp³-hybridized carbons (Fsp3) is 0.154. The summed E-state index contributed by atoms with van der Waals surface area (Å²) < 4.78 is 14.2. The van der Waals surface area contributed by atoms with Crippen molar-refractivity contribution in [2.45, 2.75) is 13.5 Å². The lowest BCUT2D eigenvalue weighted by Crippen LogP contribution is -2.19. The molecule has 0 fully saturated rings. The van der Waals surface area contributed by atoms with Gasteiger partial charge in [-0.25, -0.2) is 9.67 Å². The van der Waals surface area contributed by atoms with Crippen LogP contribution >= 0.6 is 0 Å². The topological polar surface area (TPSA) is 144 Å². The third-order valence-corrected chi connectivity index (χ3v) is 5.87. The number of benzene rings is 3. The Morgan fingerprint density at radius 1 is 1.00 bits per heavy atom. The van der Waals surface area contributed by atoms with Gasteiger partial charge < -0.3 is 9.47 Å². The summed E-state index contributed by atoms with van der Waals surface area (Å²) >= 11 is 0. The van der Waals surface area contributed by atoms with Crippen LogP contribution in [0, 0.1) is 27.2 Å². The van der Waals surface area contributed by atoms with Gasteiger partial charge in [0.1, 0.15) is 6.61 Å². The first-order valence-electron chi connectivity index (χ1n) is 11.3. The second kappa shape index (κ2) is 10.8. The molecule has 12 nitrogen and oxygen atoms in total. The molecule has 0 spiro atoms. The van der Waals surface area contributed by atoms with Crippen molar-refractivity contribution in [3.8, 4) is 17.2 Å². The summed E-state index contributed by atoms with van der Waals surface area (Å²) in [6.07, 6.45) is 1.36. The van der Waals surface area contributed by atoms with Crippen molar-refractivity contribution < 1.29 is 19.3 Å². The summed E-state index contributed by atoms with van der Waals surface area (Å²) in [5.41, 5.74) is 1.60. The first-order chi connectivity index (χ1) is 18.2. The Morgan fingerprint density at radius 2 is 1.68 bits per heavy atom. The molecule has 0 radical (unpaired) electrons. The van der Waals surface area contributed by atoms with Gasteiger partial charge in [0.15, 0.2) is 11.4 Å². The van der Waals surface area contributed by atoms with E-state index in [4.69, 9.17) is 9.47 Å². The lowest BCUT2D eigenvalue weighted by molar-refractivity contribution is -0.386. The van der Waals surface area contributed by atoms with Gasteiger partial charge in [0.05, 0.1) is 28.3 Å². The van der Waals surface area contributed by atoms with Gasteiger partial charge in [-0.1, -0.05) is 18.2 Å². The zero-order valence-corrected chi connectivity index (χ0v) is 20.7. The number of nitrogens with zero attached hydrogens (tertiary/aromatic N) is 5. The standard InChI is InChI=1S/C26H23N5O7/c1-17-24(26(32)29(28(17)2)20-7-5-4-6-8-20)27-15-19-13-22(31(35)36)25(23(14-19)37-3)38-16-18-9-11-21(12-10-18)30(33)34/h4-15H,16H2,1-3H3. The molecule has 4 rings (SSSR count). The molecule has 0 N–H and O–H groups in total. The Labute approximate surface area is 216 Å². The van der Waals surface area contributed by atoms with E-state index in [2.05, 4.69) is 4.99 Å². The number of aromatic nitrogens is 2. The van der Waals surface area contributed by atoms with Crippen LogP contribution in [-0.2, 0) is 13.7 Å². The van der Waals surface area contributed by atoms with Gasteiger partial charge in [-0.2, -0.15) is 0 Å². The Hall–Kier alpha value is -5.26. The van der Waals surface area contributed by atoms with Gasteiger partial charge >= 0.3 is 5.69 Å². The average molecular weight is 517 g/mol. The van der Waals surface area contributed by atoms with Gasteiger partial charge in [-0.15, -0.1) is 0 Å². The van der Waals surface area contributed by atoms with Crippen LogP contribution in [0.1, 0.15) is 16.8 Å². The summed E-state index contributed by atoms with van der Waals surface area (Å²) in [5.74, 6) is -0.00984. The van der Waals surface area contributed by atoms with E-state index in [1.807, 2.05) is 18.2 Å². The Kier molecular flexibility index (Phi) is 7.33. The molecule has 0 amide bonds. The Bertz CT molecular complexity index is 1590. The van der Waals surface area contributed by atoms with Crippen LogP contribution in [-0.4, -0.2) is 32.5 Å². The molecule has 12 heteroatoms. The third-order valence-electron chi connectivity index (χ3n) is 5.87. The highest BCUT2D eigenvalue weighted by Crippen LogP contribution is 2.38. The predicted octanol–water partition coefficient (Wildman–Crippen LogP) is 4.64. The van der Waals surface area contributed by atoms with Crippen LogP contribution in [0.4, 0.5) is 17.1 Å². The highest BCUT2D eigenvalue weighted by molar-refractivity contribution is 5.85. The summed E-state index contributed by atoms with van der Waals surface area (Å²) in [6.45, 7) is 1.68. The quantitative estimate of drug-likeness (QED) is 0.179. The van der Waals surface area contributed by atoms with E-state index in [9.17, 15) is 25.0 Å². The first-order valence-corrected chi connectivity index (χ1v) is 11.3. The Morgan fingerprint density at radius 3 is 2.29 bits per heavy atom. The van der Waals surface area contributed by atoms with Gasteiger partial charge in [0.25, 0.3) is 11.2 Å². The summed E-state index contributed by atoms with van der Waals surface area (Å²) in [7, 11) is 3.09. The molecule has 3 aromatic carbocycles. The molecule has 4 aromatic rings. The summed E-state index contributed by atoms with van der Waals surface area (Å²) in [6, 6.07) is 17.5. The third kappa shape index (κ3) is 5.14. The summed E-state index contributed by atoms with van der Waals surface area (Å²) in [5, 5.41) is 22.7. The lowest BCUT2D eigenvalue weighted by atomic mass is 10.1. The van der Waals surface area contributed by atoms with E-state index in [0.717, 1.165) is 0 Å². The molecule has 0 saturated heterocycles. The van der Waals surface area contributed by atoms with Gasteiger partial charge in [-0.05, 0) is 42.8 Å². The normalized spacial score (nSPS) is 11.0. The largest absolute Gasteiger partial charge is 0.493 e. The number of methoxy groups -OCH3 is 1.